The maximum absolute atomic E-state index is 12.5. The van der Waals surface area contributed by atoms with Crippen LogP contribution in [0.1, 0.15) is 30.6 Å². The normalized spacial score (nSPS) is 12.8. The van der Waals surface area contributed by atoms with Crippen LogP contribution in [0.25, 0.3) is 21.3 Å². The van der Waals surface area contributed by atoms with E-state index in [0.717, 1.165) is 32.2 Å². The molecule has 0 aliphatic carbocycles. The van der Waals surface area contributed by atoms with Crippen LogP contribution in [0.15, 0.2) is 66.7 Å². The lowest BCUT2D eigenvalue weighted by Crippen LogP contribution is -2.45. The first-order chi connectivity index (χ1) is 16.3. The first-order valence-electron chi connectivity index (χ1n) is 10.9. The van der Waals surface area contributed by atoms with Gasteiger partial charge in [0.25, 0.3) is 5.91 Å². The van der Waals surface area contributed by atoms with Crippen LogP contribution in [0.4, 0.5) is 10.8 Å². The van der Waals surface area contributed by atoms with Crippen molar-refractivity contribution >= 4 is 55.8 Å². The maximum Gasteiger partial charge on any atom is 0.326 e. The van der Waals surface area contributed by atoms with Crippen LogP contribution in [-0.4, -0.2) is 28.0 Å². The van der Waals surface area contributed by atoms with E-state index in [1.54, 1.807) is 12.1 Å². The fourth-order valence-electron chi connectivity index (χ4n) is 3.54. The van der Waals surface area contributed by atoms with Gasteiger partial charge in [0.2, 0.25) is 0 Å². The van der Waals surface area contributed by atoms with E-state index in [4.69, 9.17) is 11.6 Å². The van der Waals surface area contributed by atoms with E-state index in [1.807, 2.05) is 68.4 Å². The minimum atomic E-state index is -1.03. The van der Waals surface area contributed by atoms with Crippen molar-refractivity contribution in [1.29, 1.82) is 0 Å². The molecule has 0 aliphatic heterocycles. The molecule has 4 aromatic rings. The van der Waals surface area contributed by atoms with Gasteiger partial charge in [0.15, 0.2) is 5.13 Å². The van der Waals surface area contributed by atoms with Gasteiger partial charge in [-0.2, -0.15) is 0 Å². The molecular weight excluding hydrogens is 470 g/mol. The molecule has 6 nitrogen and oxygen atoms in total. The molecule has 0 radical (unpaired) electrons. The van der Waals surface area contributed by atoms with Gasteiger partial charge in [-0.25, -0.2) is 9.78 Å². The number of amides is 1. The lowest BCUT2D eigenvalue weighted by molar-refractivity contribution is -0.140. The zero-order valence-electron chi connectivity index (χ0n) is 18.7. The first kappa shape index (κ1) is 23.7. The number of carboxylic acids is 1. The van der Waals surface area contributed by atoms with E-state index in [2.05, 4.69) is 15.6 Å². The molecular formula is C26H24ClN3O3S. The monoisotopic (exact) mass is 493 g/mol. The summed E-state index contributed by atoms with van der Waals surface area (Å²) >= 11 is 7.60. The average Bonchev–Trinajstić information content (AvgIpc) is 3.23. The first-order valence-corrected chi connectivity index (χ1v) is 12.1. The highest BCUT2D eigenvalue weighted by atomic mass is 35.5. The third-order valence-corrected chi connectivity index (χ3v) is 6.90. The molecule has 0 spiro atoms. The van der Waals surface area contributed by atoms with Gasteiger partial charge in [0, 0.05) is 16.3 Å². The lowest BCUT2D eigenvalue weighted by Gasteiger charge is -2.20. The molecule has 2 atom stereocenters. The standard InChI is InChI=1S/C26H24ClN3O3S/c1-3-15(2)23(25(32)33)30-24(31)18-6-4-16(5-7-18)17-8-11-20(12-9-17)28-26-29-21-13-10-19(27)14-22(21)34-26/h4-15,23H,3H2,1-2H3,(H,28,29)(H,30,31)(H,32,33)/t15-,23-/m0/s1. The summed E-state index contributed by atoms with van der Waals surface area (Å²) in [5.41, 5.74) is 4.18. The van der Waals surface area contributed by atoms with Crippen LogP contribution in [-0.2, 0) is 4.79 Å². The smallest absolute Gasteiger partial charge is 0.326 e. The molecule has 0 saturated heterocycles. The highest BCUT2D eigenvalue weighted by Gasteiger charge is 2.25. The van der Waals surface area contributed by atoms with Crippen LogP contribution in [0.2, 0.25) is 5.02 Å². The van der Waals surface area contributed by atoms with E-state index in [0.29, 0.717) is 17.0 Å². The minimum absolute atomic E-state index is 0.159. The van der Waals surface area contributed by atoms with Crippen molar-refractivity contribution in [3.05, 3.63) is 77.3 Å². The van der Waals surface area contributed by atoms with Gasteiger partial charge < -0.3 is 15.7 Å². The number of hydrogen-bond acceptors (Lipinski definition) is 5. The molecule has 0 saturated carbocycles. The Hall–Kier alpha value is -3.42. The molecule has 0 bridgehead atoms. The van der Waals surface area contributed by atoms with Crippen LogP contribution < -0.4 is 10.6 Å². The van der Waals surface area contributed by atoms with Crippen molar-refractivity contribution < 1.29 is 14.7 Å². The minimum Gasteiger partial charge on any atom is -0.480 e. The third-order valence-electron chi connectivity index (χ3n) is 5.73. The number of halogens is 1. The average molecular weight is 494 g/mol. The Morgan fingerprint density at radius 3 is 2.29 bits per heavy atom. The summed E-state index contributed by atoms with van der Waals surface area (Å²) in [5, 5.41) is 16.8. The second kappa shape index (κ2) is 10.2. The van der Waals surface area contributed by atoms with Crippen LogP contribution >= 0.6 is 22.9 Å². The zero-order chi connectivity index (χ0) is 24.2. The third kappa shape index (κ3) is 5.38. The Labute approximate surface area is 206 Å². The molecule has 1 aromatic heterocycles. The molecule has 4 rings (SSSR count). The summed E-state index contributed by atoms with van der Waals surface area (Å²) in [4.78, 5) is 28.6. The van der Waals surface area contributed by atoms with Crippen molar-refractivity contribution in [2.45, 2.75) is 26.3 Å². The summed E-state index contributed by atoms with van der Waals surface area (Å²) in [7, 11) is 0. The summed E-state index contributed by atoms with van der Waals surface area (Å²) < 4.78 is 1.02. The highest BCUT2D eigenvalue weighted by molar-refractivity contribution is 7.22. The van der Waals surface area contributed by atoms with E-state index >= 15 is 0 Å². The molecule has 1 heterocycles. The second-order valence-corrected chi connectivity index (χ2v) is 9.55. The number of aliphatic carboxylic acids is 1. The number of benzene rings is 3. The Morgan fingerprint density at radius 2 is 1.68 bits per heavy atom. The Morgan fingerprint density at radius 1 is 1.03 bits per heavy atom. The number of rotatable bonds is 8. The molecule has 34 heavy (non-hydrogen) atoms. The molecule has 0 aliphatic rings. The largest absolute Gasteiger partial charge is 0.480 e. The molecule has 3 aromatic carbocycles. The summed E-state index contributed by atoms with van der Waals surface area (Å²) in [5.74, 6) is -1.58. The van der Waals surface area contributed by atoms with Gasteiger partial charge in [-0.3, -0.25) is 4.79 Å². The predicted molar refractivity (Wildman–Crippen MR) is 138 cm³/mol. The van der Waals surface area contributed by atoms with Crippen LogP contribution in [0, 0.1) is 5.92 Å². The maximum atomic E-state index is 12.5. The number of nitrogens with zero attached hydrogens (tertiary/aromatic N) is 1. The Bertz CT molecular complexity index is 1320. The van der Waals surface area contributed by atoms with Gasteiger partial charge in [-0.05, 0) is 59.5 Å². The number of fused-ring (bicyclic) bond motifs is 1. The fourth-order valence-corrected chi connectivity index (χ4v) is 4.71. The lowest BCUT2D eigenvalue weighted by atomic mass is 9.98. The number of carbonyl (C=O) groups is 2. The van der Waals surface area contributed by atoms with Gasteiger partial charge in [-0.15, -0.1) is 0 Å². The van der Waals surface area contributed by atoms with Crippen molar-refractivity contribution in [2.24, 2.45) is 5.92 Å². The van der Waals surface area contributed by atoms with E-state index in [-0.39, 0.29) is 5.92 Å². The predicted octanol–water partition coefficient (Wildman–Crippen LogP) is 6.59. The van der Waals surface area contributed by atoms with Gasteiger partial charge >= 0.3 is 5.97 Å². The van der Waals surface area contributed by atoms with Crippen LogP contribution in [0.5, 0.6) is 0 Å². The Kier molecular flexibility index (Phi) is 7.14. The number of aromatic nitrogens is 1. The van der Waals surface area contributed by atoms with E-state index in [1.165, 1.54) is 11.3 Å². The number of thiazole rings is 1. The molecule has 0 fully saturated rings. The Balaban J connectivity index is 1.43. The quantitative estimate of drug-likeness (QED) is 0.257. The van der Waals surface area contributed by atoms with Gasteiger partial charge in [0.1, 0.15) is 6.04 Å². The van der Waals surface area contributed by atoms with Crippen molar-refractivity contribution in [1.82, 2.24) is 10.3 Å². The number of carbonyl (C=O) groups excluding carboxylic acids is 1. The molecule has 174 valence electrons. The molecule has 1 amide bonds. The number of hydrogen-bond donors (Lipinski definition) is 3. The zero-order valence-corrected chi connectivity index (χ0v) is 20.3. The number of nitrogens with one attached hydrogen (secondary N) is 2. The summed E-state index contributed by atoms with van der Waals surface area (Å²) in [6, 6.07) is 19.8. The van der Waals surface area contributed by atoms with E-state index in [9.17, 15) is 14.7 Å². The topological polar surface area (TPSA) is 91.3 Å². The molecule has 8 heteroatoms. The summed E-state index contributed by atoms with van der Waals surface area (Å²) in [6.45, 7) is 3.71. The summed E-state index contributed by atoms with van der Waals surface area (Å²) in [6.07, 6.45) is 0.661. The van der Waals surface area contributed by atoms with Gasteiger partial charge in [-0.1, -0.05) is 67.5 Å². The van der Waals surface area contributed by atoms with E-state index < -0.39 is 17.9 Å². The molecule has 0 unspecified atom stereocenters. The SMILES string of the molecule is CC[C@H](C)[C@H](NC(=O)c1ccc(-c2ccc(Nc3nc4ccc(Cl)cc4s3)cc2)cc1)C(=O)O. The number of anilines is 2. The van der Waals surface area contributed by atoms with Crippen molar-refractivity contribution in [3.63, 3.8) is 0 Å². The highest BCUT2D eigenvalue weighted by Crippen LogP contribution is 2.31. The molecule has 3 N–H and O–H groups in total. The van der Waals surface area contributed by atoms with Crippen LogP contribution in [0.3, 0.4) is 0 Å². The van der Waals surface area contributed by atoms with Crippen molar-refractivity contribution in [2.75, 3.05) is 5.32 Å². The fraction of sp³-hybridized carbons (Fsp3) is 0.192. The number of carboxylic acid groups (broad SMARTS) is 1. The van der Waals surface area contributed by atoms with Gasteiger partial charge in [0.05, 0.1) is 10.2 Å². The second-order valence-electron chi connectivity index (χ2n) is 8.09. The van der Waals surface area contributed by atoms with Crippen molar-refractivity contribution in [3.8, 4) is 11.1 Å².